The largest absolute Gasteiger partial charge is 0.497 e. The summed E-state index contributed by atoms with van der Waals surface area (Å²) in [6.45, 7) is 4.47. The lowest BCUT2D eigenvalue weighted by molar-refractivity contribution is 0.0676. The van der Waals surface area contributed by atoms with Crippen molar-refractivity contribution in [1.29, 1.82) is 0 Å². The number of unbranched alkanes of at least 4 members (excludes halogenated alkanes) is 2. The Hall–Kier alpha value is -4.04. The summed E-state index contributed by atoms with van der Waals surface area (Å²) in [7, 11) is 4.67. The Labute approximate surface area is 239 Å². The Morgan fingerprint density at radius 3 is 2.17 bits per heavy atom. The molecule has 1 amide bonds. The molecule has 0 N–H and O–H groups in total. The molecular weight excluding hydrogens is 530 g/mol. The molecule has 40 heavy (non-hydrogen) atoms. The van der Waals surface area contributed by atoms with Crippen LogP contribution in [0.5, 0.6) is 17.2 Å². The standard InChI is InChI=1S/C31H34ClN3O5/c1-6-7-8-15-34(30(36)21-16-25(39-4)19-26(17-21)40-5)20(2)29-33-28-18-22(32)9-14-27(28)31(37)35(29)23-10-12-24(38-3)13-11-23/h9-14,16-20H,6-8,15H2,1-5H3. The van der Waals surface area contributed by atoms with Crippen molar-refractivity contribution >= 4 is 28.4 Å². The zero-order chi connectivity index (χ0) is 28.8. The van der Waals surface area contributed by atoms with Gasteiger partial charge in [0.15, 0.2) is 0 Å². The van der Waals surface area contributed by atoms with E-state index < -0.39 is 6.04 Å². The third-order valence-corrected chi connectivity index (χ3v) is 7.13. The van der Waals surface area contributed by atoms with Crippen LogP contribution in [0.25, 0.3) is 16.6 Å². The van der Waals surface area contributed by atoms with Crippen LogP contribution in [-0.4, -0.2) is 48.2 Å². The van der Waals surface area contributed by atoms with E-state index in [1.165, 1.54) is 0 Å². The summed E-state index contributed by atoms with van der Waals surface area (Å²) in [6.07, 6.45) is 2.73. The van der Waals surface area contributed by atoms with Crippen molar-refractivity contribution < 1.29 is 19.0 Å². The highest BCUT2D eigenvalue weighted by Gasteiger charge is 2.28. The summed E-state index contributed by atoms with van der Waals surface area (Å²) in [6, 6.07) is 16.7. The molecule has 4 rings (SSSR count). The zero-order valence-corrected chi connectivity index (χ0v) is 24.2. The molecule has 9 heteroatoms. The van der Waals surface area contributed by atoms with Crippen molar-refractivity contribution in [3.05, 3.63) is 87.4 Å². The lowest BCUT2D eigenvalue weighted by atomic mass is 10.1. The normalized spacial score (nSPS) is 11.8. The van der Waals surface area contributed by atoms with Gasteiger partial charge in [-0.1, -0.05) is 31.4 Å². The number of aromatic nitrogens is 2. The van der Waals surface area contributed by atoms with Crippen molar-refractivity contribution in [3.8, 4) is 22.9 Å². The maximum absolute atomic E-state index is 14.1. The number of nitrogens with zero attached hydrogens (tertiary/aromatic N) is 3. The number of ether oxygens (including phenoxy) is 3. The number of rotatable bonds is 11. The fourth-order valence-electron chi connectivity index (χ4n) is 4.68. The topological polar surface area (TPSA) is 82.9 Å². The average molecular weight is 564 g/mol. The highest BCUT2D eigenvalue weighted by Crippen LogP contribution is 2.29. The molecule has 0 saturated carbocycles. The third-order valence-electron chi connectivity index (χ3n) is 6.89. The van der Waals surface area contributed by atoms with Crippen LogP contribution in [0.3, 0.4) is 0 Å². The Balaban J connectivity index is 1.90. The molecule has 1 atom stereocenters. The van der Waals surface area contributed by atoms with Crippen molar-refractivity contribution in [3.63, 3.8) is 0 Å². The number of halogens is 1. The number of methoxy groups -OCH3 is 3. The lowest BCUT2D eigenvalue weighted by Crippen LogP contribution is -2.38. The minimum atomic E-state index is -0.570. The second-order valence-electron chi connectivity index (χ2n) is 9.45. The van der Waals surface area contributed by atoms with Gasteiger partial charge < -0.3 is 19.1 Å². The van der Waals surface area contributed by atoms with Crippen LogP contribution in [-0.2, 0) is 0 Å². The highest BCUT2D eigenvalue weighted by atomic mass is 35.5. The number of carbonyl (C=O) groups is 1. The van der Waals surface area contributed by atoms with E-state index in [-0.39, 0.29) is 11.5 Å². The Morgan fingerprint density at radius 2 is 1.57 bits per heavy atom. The molecule has 0 saturated heterocycles. The van der Waals surface area contributed by atoms with Crippen LogP contribution in [0.15, 0.2) is 65.5 Å². The van der Waals surface area contributed by atoms with Crippen LogP contribution in [0, 0.1) is 0 Å². The van der Waals surface area contributed by atoms with E-state index in [9.17, 15) is 9.59 Å². The lowest BCUT2D eigenvalue weighted by Gasteiger charge is -2.31. The van der Waals surface area contributed by atoms with Gasteiger partial charge in [0.05, 0.1) is 44.0 Å². The van der Waals surface area contributed by atoms with Crippen LogP contribution >= 0.6 is 11.6 Å². The number of fused-ring (bicyclic) bond motifs is 1. The minimum absolute atomic E-state index is 0.220. The second-order valence-corrected chi connectivity index (χ2v) is 9.89. The SMILES string of the molecule is CCCCCN(C(=O)c1cc(OC)cc(OC)c1)C(C)c1nc2cc(Cl)ccc2c(=O)n1-c1ccc(OC)cc1. The number of benzene rings is 3. The molecule has 1 heterocycles. The molecule has 0 bridgehead atoms. The molecule has 210 valence electrons. The first kappa shape index (κ1) is 29.0. The van der Waals surface area contributed by atoms with Crippen molar-refractivity contribution in [2.75, 3.05) is 27.9 Å². The molecular formula is C31H34ClN3O5. The Morgan fingerprint density at radius 1 is 0.925 bits per heavy atom. The van der Waals surface area contributed by atoms with E-state index in [4.69, 9.17) is 30.8 Å². The van der Waals surface area contributed by atoms with Gasteiger partial charge in [0.2, 0.25) is 0 Å². The maximum Gasteiger partial charge on any atom is 0.266 e. The van der Waals surface area contributed by atoms with Crippen LogP contribution in [0.2, 0.25) is 5.02 Å². The molecule has 0 radical (unpaired) electrons. The maximum atomic E-state index is 14.1. The molecule has 3 aromatic carbocycles. The predicted molar refractivity (Wildman–Crippen MR) is 157 cm³/mol. The van der Waals surface area contributed by atoms with Gasteiger partial charge in [-0.05, 0) is 67.9 Å². The first-order valence-corrected chi connectivity index (χ1v) is 13.6. The fraction of sp³-hybridized carbons (Fsp3) is 0.323. The Kier molecular flexibility index (Phi) is 9.32. The highest BCUT2D eigenvalue weighted by molar-refractivity contribution is 6.31. The van der Waals surface area contributed by atoms with E-state index in [0.717, 1.165) is 19.3 Å². The first-order chi connectivity index (χ1) is 19.3. The summed E-state index contributed by atoms with van der Waals surface area (Å²) in [5.74, 6) is 1.89. The molecule has 1 aromatic heterocycles. The average Bonchev–Trinajstić information content (AvgIpc) is 2.98. The quantitative estimate of drug-likeness (QED) is 0.195. The van der Waals surface area contributed by atoms with Crippen LogP contribution in [0.4, 0.5) is 0 Å². The molecule has 0 aliphatic carbocycles. The van der Waals surface area contributed by atoms with Gasteiger partial charge in [-0.3, -0.25) is 14.2 Å². The molecule has 4 aromatic rings. The molecule has 0 aliphatic heterocycles. The summed E-state index contributed by atoms with van der Waals surface area (Å²) in [4.78, 5) is 34.7. The summed E-state index contributed by atoms with van der Waals surface area (Å²) in [5, 5.41) is 0.900. The molecule has 1 unspecified atom stereocenters. The number of amides is 1. The van der Waals surface area contributed by atoms with Gasteiger partial charge in [-0.25, -0.2) is 4.98 Å². The van der Waals surface area contributed by atoms with E-state index >= 15 is 0 Å². The monoisotopic (exact) mass is 563 g/mol. The summed E-state index contributed by atoms with van der Waals surface area (Å²) < 4.78 is 17.7. The van der Waals surface area contributed by atoms with Gasteiger partial charge in [0.1, 0.15) is 23.1 Å². The molecule has 0 aliphatic rings. The van der Waals surface area contributed by atoms with E-state index in [1.54, 1.807) is 91.5 Å². The number of hydrogen-bond acceptors (Lipinski definition) is 6. The fourth-order valence-corrected chi connectivity index (χ4v) is 4.84. The van der Waals surface area contributed by atoms with Crippen molar-refractivity contribution in [2.45, 2.75) is 39.2 Å². The third kappa shape index (κ3) is 6.07. The van der Waals surface area contributed by atoms with E-state index in [2.05, 4.69) is 6.92 Å². The first-order valence-electron chi connectivity index (χ1n) is 13.2. The van der Waals surface area contributed by atoms with Gasteiger partial charge in [-0.15, -0.1) is 0 Å². The predicted octanol–water partition coefficient (Wildman–Crippen LogP) is 6.46. The van der Waals surface area contributed by atoms with Crippen molar-refractivity contribution in [1.82, 2.24) is 14.5 Å². The van der Waals surface area contributed by atoms with Gasteiger partial charge in [0, 0.05) is 23.2 Å². The van der Waals surface area contributed by atoms with E-state index in [0.29, 0.717) is 56.8 Å². The molecule has 8 nitrogen and oxygen atoms in total. The zero-order valence-electron chi connectivity index (χ0n) is 23.4. The summed E-state index contributed by atoms with van der Waals surface area (Å²) >= 11 is 6.28. The van der Waals surface area contributed by atoms with Gasteiger partial charge >= 0.3 is 0 Å². The second kappa shape index (κ2) is 12.9. The van der Waals surface area contributed by atoms with Gasteiger partial charge in [0.25, 0.3) is 11.5 Å². The minimum Gasteiger partial charge on any atom is -0.497 e. The number of carbonyl (C=O) groups excluding carboxylic acids is 1. The van der Waals surface area contributed by atoms with Crippen LogP contribution in [0.1, 0.15) is 55.3 Å². The van der Waals surface area contributed by atoms with E-state index in [1.807, 2.05) is 6.92 Å². The summed E-state index contributed by atoms with van der Waals surface area (Å²) in [5.41, 5.74) is 1.24. The number of hydrogen-bond donors (Lipinski definition) is 0. The van der Waals surface area contributed by atoms with Crippen LogP contribution < -0.4 is 19.8 Å². The molecule has 0 spiro atoms. The smallest absolute Gasteiger partial charge is 0.266 e. The molecule has 0 fully saturated rings. The van der Waals surface area contributed by atoms with Crippen molar-refractivity contribution in [2.24, 2.45) is 0 Å². The van der Waals surface area contributed by atoms with Gasteiger partial charge in [-0.2, -0.15) is 0 Å². The Bertz CT molecular complexity index is 1530.